The lowest BCUT2D eigenvalue weighted by Gasteiger charge is -2.42. The predicted octanol–water partition coefficient (Wildman–Crippen LogP) is 2.93. The minimum atomic E-state index is -1.04. The van der Waals surface area contributed by atoms with E-state index in [9.17, 15) is 9.59 Å². The van der Waals surface area contributed by atoms with Crippen molar-refractivity contribution in [2.24, 2.45) is 4.99 Å². The molecular weight excluding hydrogens is 342 g/mol. The number of nitrogens with one attached hydrogen (secondary N) is 2. The molecule has 4 rings (SSSR count). The molecule has 27 heavy (non-hydrogen) atoms. The molecule has 0 saturated heterocycles. The van der Waals surface area contributed by atoms with Gasteiger partial charge in [0.05, 0.1) is 17.5 Å². The first kappa shape index (κ1) is 17.2. The van der Waals surface area contributed by atoms with Gasteiger partial charge in [-0.3, -0.25) is 9.59 Å². The fraction of sp³-hybridized carbons (Fsp3) is 0.300. The number of allylic oxidation sites excluding steroid dienone is 2. The Morgan fingerprint density at radius 1 is 1.41 bits per heavy atom. The maximum atomic E-state index is 13.1. The van der Waals surface area contributed by atoms with Crippen molar-refractivity contribution in [1.29, 1.82) is 0 Å². The Labute approximate surface area is 156 Å². The van der Waals surface area contributed by atoms with Gasteiger partial charge < -0.3 is 15.2 Å². The van der Waals surface area contributed by atoms with Gasteiger partial charge in [0.2, 0.25) is 0 Å². The molecule has 0 fully saturated rings. The third-order valence-electron chi connectivity index (χ3n) is 4.97. The van der Waals surface area contributed by atoms with Crippen molar-refractivity contribution >= 4 is 34.4 Å². The van der Waals surface area contributed by atoms with E-state index in [1.165, 1.54) is 0 Å². The number of rotatable bonds is 3. The van der Waals surface area contributed by atoms with Gasteiger partial charge in [0.1, 0.15) is 17.2 Å². The number of benzene rings is 1. The fourth-order valence-corrected chi connectivity index (χ4v) is 3.40. The van der Waals surface area contributed by atoms with Crippen LogP contribution in [0.4, 0.5) is 5.69 Å². The number of hydrogen-bond acceptors (Lipinski definition) is 4. The van der Waals surface area contributed by atoms with Crippen LogP contribution in [0.3, 0.4) is 0 Å². The van der Waals surface area contributed by atoms with Crippen LogP contribution in [0.25, 0.3) is 11.0 Å². The minimum absolute atomic E-state index is 0.0197. The molecule has 3 heterocycles. The predicted molar refractivity (Wildman–Crippen MR) is 104 cm³/mol. The van der Waals surface area contributed by atoms with Gasteiger partial charge in [-0.2, -0.15) is 4.99 Å². The Balaban J connectivity index is 1.63. The molecule has 0 saturated carbocycles. The quantitative estimate of drug-likeness (QED) is 0.877. The van der Waals surface area contributed by atoms with Crippen LogP contribution >= 0.6 is 0 Å². The Hall–Kier alpha value is -3.22. The maximum absolute atomic E-state index is 13.1. The minimum Gasteiger partial charge on any atom is -0.342 e. The number of fused-ring (bicyclic) bond motifs is 2. The molecule has 1 unspecified atom stereocenters. The molecule has 2 amide bonds. The summed E-state index contributed by atoms with van der Waals surface area (Å²) in [5.74, 6) is 0.852. The Kier molecular flexibility index (Phi) is 3.95. The Morgan fingerprint density at radius 3 is 3.00 bits per heavy atom. The molecule has 1 aromatic carbocycles. The van der Waals surface area contributed by atoms with Crippen LogP contribution in [0.15, 0.2) is 47.1 Å². The summed E-state index contributed by atoms with van der Waals surface area (Å²) >= 11 is 0. The number of aromatic amines is 1. The van der Waals surface area contributed by atoms with E-state index in [4.69, 9.17) is 0 Å². The monoisotopic (exact) mass is 363 g/mol. The van der Waals surface area contributed by atoms with Crippen LogP contribution in [0.1, 0.15) is 33.0 Å². The lowest BCUT2D eigenvalue weighted by molar-refractivity contribution is -0.130. The van der Waals surface area contributed by atoms with Crippen molar-refractivity contribution in [3.63, 3.8) is 0 Å². The standard InChI is InChI=1S/C20H21N5O2/c1-4-16-22-14-6-5-13(10-15(14)23-16)21-19(27)20(3)11-18(26)24-17-9-12(2)7-8-25(17)20/h5-10H,4,11H2,1-3H3,(H,21,27)(H,22,23). The molecule has 2 N–H and O–H groups in total. The molecule has 2 aliphatic rings. The highest BCUT2D eigenvalue weighted by Gasteiger charge is 2.45. The van der Waals surface area contributed by atoms with E-state index in [0.717, 1.165) is 28.9 Å². The van der Waals surface area contributed by atoms with Crippen molar-refractivity contribution in [3.8, 4) is 0 Å². The van der Waals surface area contributed by atoms with Crippen molar-refractivity contribution in [3.05, 3.63) is 47.9 Å². The van der Waals surface area contributed by atoms with Gasteiger partial charge in [-0.25, -0.2) is 4.98 Å². The summed E-state index contributed by atoms with van der Waals surface area (Å²) in [6, 6.07) is 5.55. The van der Waals surface area contributed by atoms with E-state index in [0.29, 0.717) is 11.5 Å². The van der Waals surface area contributed by atoms with Crippen LogP contribution in [-0.4, -0.2) is 38.1 Å². The third kappa shape index (κ3) is 2.95. The second-order valence-corrected chi connectivity index (χ2v) is 7.11. The Bertz CT molecular complexity index is 1050. The van der Waals surface area contributed by atoms with Gasteiger partial charge in [0.15, 0.2) is 0 Å². The first-order valence-electron chi connectivity index (χ1n) is 8.96. The summed E-state index contributed by atoms with van der Waals surface area (Å²) in [6.07, 6.45) is 6.36. The molecule has 2 aliphatic heterocycles. The zero-order chi connectivity index (χ0) is 19.2. The first-order valence-corrected chi connectivity index (χ1v) is 8.96. The smallest absolute Gasteiger partial charge is 0.250 e. The van der Waals surface area contributed by atoms with E-state index in [2.05, 4.69) is 20.3 Å². The van der Waals surface area contributed by atoms with Gasteiger partial charge in [-0.15, -0.1) is 0 Å². The number of amidine groups is 1. The fourth-order valence-electron chi connectivity index (χ4n) is 3.40. The molecule has 2 aromatic rings. The molecule has 1 aromatic heterocycles. The number of imidazole rings is 1. The van der Waals surface area contributed by atoms with E-state index in [1.54, 1.807) is 11.8 Å². The number of aryl methyl sites for hydroxylation is 1. The summed E-state index contributed by atoms with van der Waals surface area (Å²) in [7, 11) is 0. The number of amides is 2. The van der Waals surface area contributed by atoms with Gasteiger partial charge >= 0.3 is 0 Å². The highest BCUT2D eigenvalue weighted by atomic mass is 16.2. The zero-order valence-corrected chi connectivity index (χ0v) is 15.5. The number of H-pyrrole nitrogens is 1. The summed E-state index contributed by atoms with van der Waals surface area (Å²) in [4.78, 5) is 38.8. The number of anilines is 1. The topological polar surface area (TPSA) is 90.4 Å². The van der Waals surface area contributed by atoms with E-state index >= 15 is 0 Å². The summed E-state index contributed by atoms with van der Waals surface area (Å²) in [5.41, 5.74) is 2.33. The second-order valence-electron chi connectivity index (χ2n) is 7.11. The highest BCUT2D eigenvalue weighted by Crippen LogP contribution is 2.30. The van der Waals surface area contributed by atoms with E-state index in [-0.39, 0.29) is 18.2 Å². The number of nitrogens with zero attached hydrogens (tertiary/aromatic N) is 3. The van der Waals surface area contributed by atoms with Crippen LogP contribution in [0, 0.1) is 0 Å². The van der Waals surface area contributed by atoms with Crippen LogP contribution in [0.2, 0.25) is 0 Å². The third-order valence-corrected chi connectivity index (χ3v) is 4.97. The van der Waals surface area contributed by atoms with Crippen LogP contribution in [0.5, 0.6) is 0 Å². The molecule has 138 valence electrons. The average Bonchev–Trinajstić information content (AvgIpc) is 3.03. The van der Waals surface area contributed by atoms with Gasteiger partial charge in [-0.1, -0.05) is 6.92 Å². The molecule has 7 nitrogen and oxygen atoms in total. The number of carbonyl (C=O) groups excluding carboxylic acids is 2. The lowest BCUT2D eigenvalue weighted by atomic mass is 9.90. The first-order chi connectivity index (χ1) is 12.9. The van der Waals surface area contributed by atoms with E-state index in [1.807, 2.05) is 50.4 Å². The summed E-state index contributed by atoms with van der Waals surface area (Å²) in [5, 5.41) is 2.95. The normalized spacial score (nSPS) is 21.7. The molecule has 1 atom stereocenters. The maximum Gasteiger partial charge on any atom is 0.250 e. The van der Waals surface area contributed by atoms with Crippen molar-refractivity contribution in [1.82, 2.24) is 14.9 Å². The molecular formula is C20H21N5O2. The van der Waals surface area contributed by atoms with Crippen LogP contribution < -0.4 is 5.32 Å². The number of hydrogen-bond donors (Lipinski definition) is 2. The van der Waals surface area contributed by atoms with Crippen molar-refractivity contribution in [2.45, 2.75) is 39.2 Å². The van der Waals surface area contributed by atoms with Gasteiger partial charge in [0.25, 0.3) is 11.8 Å². The van der Waals surface area contributed by atoms with Crippen LogP contribution in [-0.2, 0) is 16.0 Å². The number of aromatic nitrogens is 2. The average molecular weight is 363 g/mol. The largest absolute Gasteiger partial charge is 0.342 e. The van der Waals surface area contributed by atoms with Gasteiger partial charge in [0, 0.05) is 18.3 Å². The molecule has 0 spiro atoms. The number of aliphatic imine (C=N–C) groups is 1. The number of carbonyl (C=O) groups is 2. The highest BCUT2D eigenvalue weighted by molar-refractivity contribution is 6.12. The van der Waals surface area contributed by atoms with Gasteiger partial charge in [-0.05, 0) is 49.8 Å². The molecule has 7 heteroatoms. The SMILES string of the molecule is CCc1nc2ccc(NC(=O)C3(C)CC(=O)N=C4C=C(C)C=CN43)cc2[nH]1. The van der Waals surface area contributed by atoms with Crippen molar-refractivity contribution < 1.29 is 9.59 Å². The zero-order valence-electron chi connectivity index (χ0n) is 15.5. The summed E-state index contributed by atoms with van der Waals surface area (Å²) in [6.45, 7) is 5.72. The van der Waals surface area contributed by atoms with E-state index < -0.39 is 5.54 Å². The Morgan fingerprint density at radius 2 is 2.22 bits per heavy atom. The molecule has 0 bridgehead atoms. The molecule has 0 aliphatic carbocycles. The summed E-state index contributed by atoms with van der Waals surface area (Å²) < 4.78 is 0. The second kappa shape index (κ2) is 6.19. The van der Waals surface area contributed by atoms with Crippen molar-refractivity contribution in [2.75, 3.05) is 5.32 Å². The lowest BCUT2D eigenvalue weighted by Crippen LogP contribution is -2.58. The molecule has 0 radical (unpaired) electrons.